The number of hydrogen-bond acceptors (Lipinski definition) is 4. The van der Waals surface area contributed by atoms with E-state index in [4.69, 9.17) is 0 Å². The monoisotopic (exact) mass is 357 g/mol. The fraction of sp³-hybridized carbons (Fsp3) is 0.200. The lowest BCUT2D eigenvalue weighted by Crippen LogP contribution is -2.27. The Bertz CT molecular complexity index is 879. The molecule has 4 rings (SSSR count). The molecule has 0 saturated heterocycles. The van der Waals surface area contributed by atoms with Gasteiger partial charge in [-0.25, -0.2) is 9.97 Å². The van der Waals surface area contributed by atoms with Crippen molar-refractivity contribution in [3.8, 4) is 0 Å². The van der Waals surface area contributed by atoms with Gasteiger partial charge in [-0.3, -0.25) is 9.48 Å². The molecule has 1 amide bonds. The summed E-state index contributed by atoms with van der Waals surface area (Å²) in [7, 11) is 1.80. The summed E-state index contributed by atoms with van der Waals surface area (Å²) >= 11 is 3.43. The van der Waals surface area contributed by atoms with E-state index >= 15 is 0 Å². The zero-order valence-electron chi connectivity index (χ0n) is 11.8. The van der Waals surface area contributed by atoms with Crippen LogP contribution in [0, 0.1) is 0 Å². The number of aromatic nitrogens is 4. The van der Waals surface area contributed by atoms with Crippen molar-refractivity contribution >= 4 is 32.7 Å². The third-order valence-electron chi connectivity index (χ3n) is 3.87. The lowest BCUT2D eigenvalue weighted by atomic mass is 10.2. The van der Waals surface area contributed by atoms with Crippen LogP contribution in [-0.2, 0) is 20.1 Å². The third kappa shape index (κ3) is 2.00. The molecule has 0 N–H and O–H groups in total. The first-order chi connectivity index (χ1) is 10.6. The molecule has 0 radical (unpaired) electrons. The van der Waals surface area contributed by atoms with Crippen LogP contribution in [0.15, 0.2) is 35.2 Å². The van der Waals surface area contributed by atoms with Gasteiger partial charge in [0.25, 0.3) is 5.91 Å². The van der Waals surface area contributed by atoms with Crippen LogP contribution < -0.4 is 0 Å². The van der Waals surface area contributed by atoms with Crippen molar-refractivity contribution in [1.29, 1.82) is 0 Å². The van der Waals surface area contributed by atoms with Crippen molar-refractivity contribution in [2.24, 2.45) is 7.05 Å². The second-order valence-corrected chi connectivity index (χ2v) is 6.21. The smallest absolute Gasteiger partial charge is 0.273 e. The molecular weight excluding hydrogens is 346 g/mol. The first-order valence-corrected chi connectivity index (χ1v) is 7.62. The summed E-state index contributed by atoms with van der Waals surface area (Å²) in [6, 6.07) is 5.75. The number of fused-ring (bicyclic) bond motifs is 2. The molecule has 0 spiro atoms. The molecule has 0 fully saturated rings. The van der Waals surface area contributed by atoms with E-state index in [2.05, 4.69) is 31.0 Å². The molecular formula is C15H12BrN5O. The number of carbonyl (C=O) groups is 1. The van der Waals surface area contributed by atoms with Crippen LogP contribution in [0.3, 0.4) is 0 Å². The molecule has 3 heterocycles. The van der Waals surface area contributed by atoms with Gasteiger partial charge in [0.2, 0.25) is 0 Å². The first kappa shape index (κ1) is 13.4. The lowest BCUT2D eigenvalue weighted by molar-refractivity contribution is 0.0741. The second-order valence-electron chi connectivity index (χ2n) is 5.29. The van der Waals surface area contributed by atoms with E-state index in [1.54, 1.807) is 22.8 Å². The Kier molecular flexibility index (Phi) is 2.97. The zero-order valence-corrected chi connectivity index (χ0v) is 13.4. The number of carbonyl (C=O) groups excluding carboxylic acids is 1. The highest BCUT2D eigenvalue weighted by Crippen LogP contribution is 2.26. The Labute approximate surface area is 134 Å². The SMILES string of the molecule is Cn1nc2cc(Br)ccc2c1C(=O)N1Cc2cncnc2C1. The highest BCUT2D eigenvalue weighted by Gasteiger charge is 2.28. The van der Waals surface area contributed by atoms with Crippen molar-refractivity contribution in [2.75, 3.05) is 0 Å². The molecule has 0 bridgehead atoms. The molecule has 1 aliphatic rings. The standard InChI is InChI=1S/C15H12BrN5O/c1-20-14(11-3-2-10(16)4-12(11)19-20)15(22)21-6-9-5-17-8-18-13(9)7-21/h2-5,8H,6-7H2,1H3. The van der Waals surface area contributed by atoms with Gasteiger partial charge in [-0.2, -0.15) is 5.10 Å². The van der Waals surface area contributed by atoms with Crippen LogP contribution in [0.2, 0.25) is 0 Å². The Morgan fingerprint density at radius 3 is 3.00 bits per heavy atom. The lowest BCUT2D eigenvalue weighted by Gasteiger charge is -2.15. The molecule has 110 valence electrons. The minimum atomic E-state index is -0.0367. The van der Waals surface area contributed by atoms with Gasteiger partial charge >= 0.3 is 0 Å². The predicted molar refractivity (Wildman–Crippen MR) is 84.0 cm³/mol. The third-order valence-corrected chi connectivity index (χ3v) is 4.36. The molecule has 0 saturated carbocycles. The molecule has 0 unspecified atom stereocenters. The maximum atomic E-state index is 12.9. The van der Waals surface area contributed by atoms with E-state index in [9.17, 15) is 4.79 Å². The maximum Gasteiger partial charge on any atom is 0.273 e. The Morgan fingerprint density at radius 2 is 2.18 bits per heavy atom. The number of halogens is 1. The minimum Gasteiger partial charge on any atom is -0.327 e. The Morgan fingerprint density at radius 1 is 1.32 bits per heavy atom. The number of nitrogens with zero attached hydrogens (tertiary/aromatic N) is 5. The molecule has 0 aliphatic carbocycles. The summed E-state index contributed by atoms with van der Waals surface area (Å²) < 4.78 is 2.59. The van der Waals surface area contributed by atoms with Gasteiger partial charge in [-0.1, -0.05) is 15.9 Å². The van der Waals surface area contributed by atoms with Crippen LogP contribution in [0.5, 0.6) is 0 Å². The Hall–Kier alpha value is -2.28. The Balaban J connectivity index is 1.74. The zero-order chi connectivity index (χ0) is 15.3. The highest BCUT2D eigenvalue weighted by atomic mass is 79.9. The summed E-state index contributed by atoms with van der Waals surface area (Å²) in [6.07, 6.45) is 3.29. The van der Waals surface area contributed by atoms with Crippen molar-refractivity contribution in [1.82, 2.24) is 24.6 Å². The van der Waals surface area contributed by atoms with Crippen molar-refractivity contribution in [3.05, 3.63) is 52.1 Å². The summed E-state index contributed by atoms with van der Waals surface area (Å²) in [5.74, 6) is -0.0367. The normalized spacial score (nSPS) is 13.6. The van der Waals surface area contributed by atoms with Gasteiger partial charge in [-0.05, 0) is 18.2 Å². The molecule has 22 heavy (non-hydrogen) atoms. The van der Waals surface area contributed by atoms with Crippen LogP contribution >= 0.6 is 15.9 Å². The fourth-order valence-electron chi connectivity index (χ4n) is 2.82. The van der Waals surface area contributed by atoms with Gasteiger partial charge in [0.1, 0.15) is 12.0 Å². The van der Waals surface area contributed by atoms with Gasteiger partial charge < -0.3 is 4.90 Å². The van der Waals surface area contributed by atoms with E-state index in [0.717, 1.165) is 26.6 Å². The predicted octanol–water partition coefficient (Wildman–Crippen LogP) is 2.28. The number of benzene rings is 1. The summed E-state index contributed by atoms with van der Waals surface area (Å²) in [5, 5.41) is 5.29. The molecule has 3 aromatic rings. The molecule has 6 nitrogen and oxygen atoms in total. The van der Waals surface area contributed by atoms with Crippen molar-refractivity contribution in [2.45, 2.75) is 13.1 Å². The van der Waals surface area contributed by atoms with E-state index in [0.29, 0.717) is 18.8 Å². The summed E-state index contributed by atoms with van der Waals surface area (Å²) in [6.45, 7) is 1.05. The summed E-state index contributed by atoms with van der Waals surface area (Å²) in [5.41, 5.74) is 3.32. The average Bonchev–Trinajstić information content (AvgIpc) is 3.06. The van der Waals surface area contributed by atoms with Crippen molar-refractivity contribution in [3.63, 3.8) is 0 Å². The average molecular weight is 358 g/mol. The number of aryl methyl sites for hydroxylation is 1. The first-order valence-electron chi connectivity index (χ1n) is 6.83. The number of hydrogen-bond donors (Lipinski definition) is 0. The molecule has 2 aromatic heterocycles. The fourth-order valence-corrected chi connectivity index (χ4v) is 3.17. The van der Waals surface area contributed by atoms with Gasteiger partial charge in [0.05, 0.1) is 17.8 Å². The molecule has 7 heteroatoms. The van der Waals surface area contributed by atoms with E-state index in [-0.39, 0.29) is 5.91 Å². The van der Waals surface area contributed by atoms with Gasteiger partial charge in [0.15, 0.2) is 0 Å². The van der Waals surface area contributed by atoms with Crippen LogP contribution in [0.1, 0.15) is 21.7 Å². The van der Waals surface area contributed by atoms with E-state index < -0.39 is 0 Å². The van der Waals surface area contributed by atoms with Gasteiger partial charge in [-0.15, -0.1) is 0 Å². The topological polar surface area (TPSA) is 63.9 Å². The quantitative estimate of drug-likeness (QED) is 0.670. The molecule has 1 aromatic carbocycles. The second kappa shape index (κ2) is 4.88. The largest absolute Gasteiger partial charge is 0.327 e. The number of rotatable bonds is 1. The maximum absolute atomic E-state index is 12.9. The molecule has 1 aliphatic heterocycles. The van der Waals surface area contributed by atoms with E-state index in [1.165, 1.54) is 6.33 Å². The summed E-state index contributed by atoms with van der Waals surface area (Å²) in [4.78, 5) is 22.9. The number of amides is 1. The van der Waals surface area contributed by atoms with Crippen LogP contribution in [0.4, 0.5) is 0 Å². The van der Waals surface area contributed by atoms with Gasteiger partial charge in [0, 0.05) is 35.2 Å². The molecule has 0 atom stereocenters. The van der Waals surface area contributed by atoms with Crippen LogP contribution in [-0.4, -0.2) is 30.6 Å². The minimum absolute atomic E-state index is 0.0367. The van der Waals surface area contributed by atoms with E-state index in [1.807, 2.05) is 18.2 Å². The van der Waals surface area contributed by atoms with Crippen LogP contribution in [0.25, 0.3) is 10.9 Å². The van der Waals surface area contributed by atoms with Crippen molar-refractivity contribution < 1.29 is 4.79 Å². The highest BCUT2D eigenvalue weighted by molar-refractivity contribution is 9.10.